The monoisotopic (exact) mass is 465 g/mol. The van der Waals surface area contributed by atoms with Crippen LogP contribution in [0.1, 0.15) is 36.8 Å². The Morgan fingerprint density at radius 1 is 1.44 bits per heavy atom. The van der Waals surface area contributed by atoms with Crippen LogP contribution < -0.4 is 10.5 Å². The molecular formula is C24H33F2N3O2S. The van der Waals surface area contributed by atoms with Crippen molar-refractivity contribution in [1.82, 2.24) is 9.62 Å². The van der Waals surface area contributed by atoms with Crippen molar-refractivity contribution in [1.29, 1.82) is 0 Å². The highest BCUT2D eigenvalue weighted by molar-refractivity contribution is 7.97. The molecule has 1 amide bonds. The molecule has 176 valence electrons. The highest BCUT2D eigenvalue weighted by Crippen LogP contribution is 2.31. The Morgan fingerprint density at radius 3 is 2.91 bits per heavy atom. The number of nitrogens with one attached hydrogen (secondary N) is 1. The first-order chi connectivity index (χ1) is 15.4. The minimum absolute atomic E-state index is 0.0710. The summed E-state index contributed by atoms with van der Waals surface area (Å²) in [6.07, 6.45) is 8.10. The Kier molecular flexibility index (Phi) is 11.1. The van der Waals surface area contributed by atoms with Gasteiger partial charge in [0.2, 0.25) is 5.91 Å². The van der Waals surface area contributed by atoms with Crippen LogP contribution in [0.2, 0.25) is 0 Å². The van der Waals surface area contributed by atoms with E-state index in [9.17, 15) is 9.18 Å². The van der Waals surface area contributed by atoms with Gasteiger partial charge in [0.05, 0.1) is 6.61 Å². The maximum Gasteiger partial charge on any atom is 0.222 e. The number of hydrogen-bond donors (Lipinski definition) is 3. The van der Waals surface area contributed by atoms with Crippen molar-refractivity contribution in [3.05, 3.63) is 65.5 Å². The first-order valence-corrected chi connectivity index (χ1v) is 11.7. The van der Waals surface area contributed by atoms with Crippen LogP contribution in [0.15, 0.2) is 48.6 Å². The molecule has 5 nitrogen and oxygen atoms in total. The maximum atomic E-state index is 15.3. The van der Waals surface area contributed by atoms with Crippen LogP contribution in [0.5, 0.6) is 0 Å². The molecule has 0 saturated carbocycles. The number of aliphatic hydroxyl groups is 1. The molecule has 0 radical (unpaired) electrons. The largest absolute Gasteiger partial charge is 0.395 e. The van der Waals surface area contributed by atoms with Crippen molar-refractivity contribution in [2.45, 2.75) is 44.2 Å². The number of alkyl halides is 1. The fourth-order valence-electron chi connectivity index (χ4n) is 3.66. The molecule has 8 heteroatoms. The zero-order valence-electron chi connectivity index (χ0n) is 18.5. The van der Waals surface area contributed by atoms with Crippen LogP contribution in [0.25, 0.3) is 5.57 Å². The molecule has 32 heavy (non-hydrogen) atoms. The average molecular weight is 466 g/mol. The van der Waals surface area contributed by atoms with E-state index >= 15 is 4.39 Å². The van der Waals surface area contributed by atoms with Crippen LogP contribution in [0, 0.1) is 5.82 Å². The summed E-state index contributed by atoms with van der Waals surface area (Å²) in [4.78, 5) is 13.6. The lowest BCUT2D eigenvalue weighted by atomic mass is 9.90. The summed E-state index contributed by atoms with van der Waals surface area (Å²) in [5.74, 6) is -0.387. The minimum atomic E-state index is -0.616. The molecule has 0 fully saturated rings. The molecule has 2 rings (SSSR count). The quantitative estimate of drug-likeness (QED) is 0.387. The molecule has 1 aliphatic carbocycles. The highest BCUT2D eigenvalue weighted by atomic mass is 32.2. The van der Waals surface area contributed by atoms with Crippen molar-refractivity contribution in [2.75, 3.05) is 26.2 Å². The highest BCUT2D eigenvalue weighted by Gasteiger charge is 2.22. The molecule has 4 N–H and O–H groups in total. The Hall–Kier alpha value is -2.00. The summed E-state index contributed by atoms with van der Waals surface area (Å²) < 4.78 is 31.1. The van der Waals surface area contributed by atoms with Crippen LogP contribution in [-0.4, -0.2) is 54.2 Å². The number of amides is 1. The molecule has 1 aromatic carbocycles. The van der Waals surface area contributed by atoms with Gasteiger partial charge < -0.3 is 15.7 Å². The second kappa shape index (κ2) is 13.5. The van der Waals surface area contributed by atoms with E-state index in [0.29, 0.717) is 36.8 Å². The van der Waals surface area contributed by atoms with E-state index in [1.54, 1.807) is 25.2 Å². The summed E-state index contributed by atoms with van der Waals surface area (Å²) in [6, 6.07) is 3.89. The molecule has 0 bridgehead atoms. The number of benzene rings is 1. The standard InChI is InChI=1S/C24H33F2N3O2S/c1-17-7-3-4-9-19(17)20-10-5-8-18(24(20)26)15-21(27)22(28-32-16-25)11-6-12-23(31)29(2)13-14-30/h3-5,8-10,21-22,28,30H,1,6-7,11-16,27H2,2H3. The van der Waals surface area contributed by atoms with Crippen LogP contribution in [0.3, 0.4) is 0 Å². The Morgan fingerprint density at radius 2 is 2.22 bits per heavy atom. The molecule has 0 spiro atoms. The number of carbonyl (C=O) groups is 1. The minimum Gasteiger partial charge on any atom is -0.395 e. The van der Waals surface area contributed by atoms with Gasteiger partial charge >= 0.3 is 0 Å². The number of allylic oxidation sites excluding steroid dienone is 5. The zero-order chi connectivity index (χ0) is 23.5. The molecule has 2 unspecified atom stereocenters. The predicted octanol–water partition coefficient (Wildman–Crippen LogP) is 3.75. The average Bonchev–Trinajstić information content (AvgIpc) is 2.78. The molecule has 1 aromatic rings. The van der Waals surface area contributed by atoms with Crippen LogP contribution >= 0.6 is 11.9 Å². The van der Waals surface area contributed by atoms with E-state index in [-0.39, 0.29) is 37.3 Å². The molecule has 0 aliphatic heterocycles. The van der Waals surface area contributed by atoms with Gasteiger partial charge in [0.1, 0.15) is 11.8 Å². The third-order valence-electron chi connectivity index (χ3n) is 5.54. The fraction of sp³-hybridized carbons (Fsp3) is 0.458. The van der Waals surface area contributed by atoms with Crippen molar-refractivity contribution in [2.24, 2.45) is 5.73 Å². The zero-order valence-corrected chi connectivity index (χ0v) is 19.3. The van der Waals surface area contributed by atoms with Crippen molar-refractivity contribution in [3.63, 3.8) is 0 Å². The summed E-state index contributed by atoms with van der Waals surface area (Å²) >= 11 is 0.912. The third-order valence-corrected chi connectivity index (χ3v) is 6.12. The number of rotatable bonds is 13. The lowest BCUT2D eigenvalue weighted by molar-refractivity contribution is -0.130. The van der Waals surface area contributed by atoms with Gasteiger partial charge in [-0.15, -0.1) is 0 Å². The second-order valence-corrected chi connectivity index (χ2v) is 8.61. The normalized spacial score (nSPS) is 15.4. The Bertz CT molecular complexity index is 845. The van der Waals surface area contributed by atoms with Gasteiger partial charge in [-0.25, -0.2) is 8.78 Å². The lowest BCUT2D eigenvalue weighted by Gasteiger charge is -2.25. The summed E-state index contributed by atoms with van der Waals surface area (Å²) in [7, 11) is 1.64. The SMILES string of the molecule is C=C1CC=CC=C1c1cccc(CC(N)C(CCCC(=O)N(C)CCO)NSCF)c1F. The van der Waals surface area contributed by atoms with Gasteiger partial charge in [-0.3, -0.25) is 9.52 Å². The van der Waals surface area contributed by atoms with Crippen LogP contribution in [0.4, 0.5) is 8.78 Å². The number of halogens is 2. The predicted molar refractivity (Wildman–Crippen MR) is 128 cm³/mol. The first kappa shape index (κ1) is 26.3. The molecule has 1 aliphatic rings. The van der Waals surface area contributed by atoms with Crippen molar-refractivity contribution < 1.29 is 18.7 Å². The number of nitrogens with zero attached hydrogens (tertiary/aromatic N) is 1. The molecule has 2 atom stereocenters. The first-order valence-electron chi connectivity index (χ1n) is 10.8. The van der Waals surface area contributed by atoms with Gasteiger partial charge in [0.25, 0.3) is 0 Å². The third kappa shape index (κ3) is 7.55. The van der Waals surface area contributed by atoms with Gasteiger partial charge in [-0.05, 0) is 54.3 Å². The molecule has 0 saturated heterocycles. The van der Waals surface area contributed by atoms with Crippen molar-refractivity contribution >= 4 is 23.4 Å². The topological polar surface area (TPSA) is 78.6 Å². The Labute approximate surface area is 193 Å². The van der Waals surface area contributed by atoms with Crippen molar-refractivity contribution in [3.8, 4) is 0 Å². The smallest absolute Gasteiger partial charge is 0.222 e. The maximum absolute atomic E-state index is 15.3. The fourth-order valence-corrected chi connectivity index (χ4v) is 4.23. The van der Waals surface area contributed by atoms with Crippen LogP contribution in [-0.2, 0) is 11.2 Å². The molecular weight excluding hydrogens is 432 g/mol. The van der Waals surface area contributed by atoms with E-state index in [0.717, 1.165) is 23.1 Å². The lowest BCUT2D eigenvalue weighted by Crippen LogP contribution is -2.44. The van der Waals surface area contributed by atoms with Gasteiger partial charge in [0.15, 0.2) is 0 Å². The summed E-state index contributed by atoms with van der Waals surface area (Å²) in [6.45, 7) is 4.23. The Balaban J connectivity index is 2.06. The number of likely N-dealkylation sites (N-methyl/N-ethyl adjacent to an activating group) is 1. The second-order valence-electron chi connectivity index (χ2n) is 7.87. The van der Waals surface area contributed by atoms with E-state index < -0.39 is 12.0 Å². The van der Waals surface area contributed by atoms with E-state index in [4.69, 9.17) is 10.8 Å². The van der Waals surface area contributed by atoms with E-state index in [1.165, 1.54) is 4.90 Å². The number of aliphatic hydroxyl groups excluding tert-OH is 1. The number of nitrogens with two attached hydrogens (primary N) is 1. The van der Waals surface area contributed by atoms with Gasteiger partial charge in [-0.2, -0.15) is 0 Å². The molecule has 0 heterocycles. The van der Waals surface area contributed by atoms with Gasteiger partial charge in [-0.1, -0.05) is 43.0 Å². The number of carbonyl (C=O) groups excluding carboxylic acids is 1. The van der Waals surface area contributed by atoms with E-state index in [1.807, 2.05) is 18.2 Å². The summed E-state index contributed by atoms with van der Waals surface area (Å²) in [5, 5.41) is 8.95. The van der Waals surface area contributed by atoms with E-state index in [2.05, 4.69) is 11.3 Å². The van der Waals surface area contributed by atoms with Gasteiger partial charge in [0, 0.05) is 37.7 Å². The molecule has 0 aromatic heterocycles. The summed E-state index contributed by atoms with van der Waals surface area (Å²) in [5.41, 5.74) is 9.05. The number of hydrogen-bond acceptors (Lipinski definition) is 5.